The molecule has 1 saturated heterocycles. The summed E-state index contributed by atoms with van der Waals surface area (Å²) in [5, 5.41) is 2.77. The highest BCUT2D eigenvalue weighted by molar-refractivity contribution is 5.80. The summed E-state index contributed by atoms with van der Waals surface area (Å²) in [6.07, 6.45) is -4.02. The number of ether oxygens (including phenoxy) is 1. The molecule has 0 aliphatic carbocycles. The van der Waals surface area contributed by atoms with Crippen molar-refractivity contribution in [2.75, 3.05) is 24.6 Å². The predicted octanol–water partition coefficient (Wildman–Crippen LogP) is 2.74. The smallest absolute Gasteiger partial charge is 0.371 e. The lowest BCUT2D eigenvalue weighted by molar-refractivity contribution is -0.185. The molecule has 1 aromatic carbocycles. The van der Waals surface area contributed by atoms with Crippen LogP contribution in [-0.2, 0) is 9.53 Å². The Labute approximate surface area is 133 Å². The molecule has 7 heteroatoms. The van der Waals surface area contributed by atoms with Crippen molar-refractivity contribution in [2.24, 2.45) is 0 Å². The van der Waals surface area contributed by atoms with Gasteiger partial charge in [0.1, 0.15) is 12.7 Å². The van der Waals surface area contributed by atoms with Crippen LogP contribution in [-0.4, -0.2) is 43.9 Å². The van der Waals surface area contributed by atoms with Crippen molar-refractivity contribution in [3.63, 3.8) is 0 Å². The first-order valence-corrected chi connectivity index (χ1v) is 7.64. The highest BCUT2D eigenvalue weighted by atomic mass is 19.4. The van der Waals surface area contributed by atoms with Gasteiger partial charge in [-0.05, 0) is 31.9 Å². The Balaban J connectivity index is 1.74. The van der Waals surface area contributed by atoms with Crippen LogP contribution in [0.1, 0.15) is 19.8 Å². The second-order valence-corrected chi connectivity index (χ2v) is 5.67. The van der Waals surface area contributed by atoms with Gasteiger partial charge in [0.25, 0.3) is 0 Å². The molecule has 1 amide bonds. The molecule has 1 atom stereocenters. The van der Waals surface area contributed by atoms with E-state index in [4.69, 9.17) is 0 Å². The van der Waals surface area contributed by atoms with E-state index in [9.17, 15) is 18.0 Å². The molecule has 0 unspecified atom stereocenters. The SMILES string of the molecule is C[C@@H](OCC(F)(F)F)C(=O)NC1CCN(c2ccccc2)CC1. The van der Waals surface area contributed by atoms with Gasteiger partial charge < -0.3 is 15.0 Å². The van der Waals surface area contributed by atoms with Gasteiger partial charge >= 0.3 is 6.18 Å². The molecule has 4 nitrogen and oxygen atoms in total. The Bertz CT molecular complexity index is 500. The summed E-state index contributed by atoms with van der Waals surface area (Å²) in [5.74, 6) is -0.493. The Morgan fingerprint density at radius 2 is 1.91 bits per heavy atom. The molecule has 1 aliphatic heterocycles. The number of alkyl halides is 3. The number of para-hydroxylation sites is 1. The first-order chi connectivity index (χ1) is 10.8. The van der Waals surface area contributed by atoms with Gasteiger partial charge in [-0.3, -0.25) is 4.79 Å². The maximum absolute atomic E-state index is 12.1. The van der Waals surface area contributed by atoms with Crippen LogP contribution in [0.4, 0.5) is 18.9 Å². The van der Waals surface area contributed by atoms with Crippen LogP contribution in [0, 0.1) is 0 Å². The largest absolute Gasteiger partial charge is 0.411 e. The number of hydrogen-bond acceptors (Lipinski definition) is 3. The summed E-state index contributed by atoms with van der Waals surface area (Å²) in [5.41, 5.74) is 1.14. The van der Waals surface area contributed by atoms with Crippen molar-refractivity contribution < 1.29 is 22.7 Å². The first-order valence-electron chi connectivity index (χ1n) is 7.64. The average Bonchev–Trinajstić information content (AvgIpc) is 2.53. The van der Waals surface area contributed by atoms with Crippen molar-refractivity contribution in [3.8, 4) is 0 Å². The van der Waals surface area contributed by atoms with E-state index < -0.39 is 24.8 Å². The van der Waals surface area contributed by atoms with E-state index in [1.54, 1.807) is 0 Å². The van der Waals surface area contributed by atoms with E-state index in [0.29, 0.717) is 0 Å². The molecular formula is C16H21F3N2O2. The number of piperidine rings is 1. The molecule has 1 heterocycles. The lowest BCUT2D eigenvalue weighted by Gasteiger charge is -2.34. The zero-order valence-corrected chi connectivity index (χ0v) is 13.0. The summed E-state index contributed by atoms with van der Waals surface area (Å²) < 4.78 is 40.8. The number of hydrogen-bond donors (Lipinski definition) is 1. The van der Waals surface area contributed by atoms with E-state index >= 15 is 0 Å². The van der Waals surface area contributed by atoms with Crippen LogP contribution in [0.5, 0.6) is 0 Å². The van der Waals surface area contributed by atoms with Gasteiger partial charge in [0.05, 0.1) is 0 Å². The molecule has 0 aromatic heterocycles. The number of carbonyl (C=O) groups is 1. The van der Waals surface area contributed by atoms with Crippen molar-refractivity contribution in [2.45, 2.75) is 38.1 Å². The van der Waals surface area contributed by atoms with Crippen LogP contribution in [0.3, 0.4) is 0 Å². The lowest BCUT2D eigenvalue weighted by atomic mass is 10.0. The minimum absolute atomic E-state index is 0.0283. The third-order valence-corrected chi connectivity index (χ3v) is 3.83. The van der Waals surface area contributed by atoms with Gasteiger partial charge in [-0.1, -0.05) is 18.2 Å². The number of benzene rings is 1. The zero-order valence-electron chi connectivity index (χ0n) is 13.0. The fourth-order valence-corrected chi connectivity index (χ4v) is 2.53. The van der Waals surface area contributed by atoms with Crippen LogP contribution in [0.2, 0.25) is 0 Å². The molecule has 128 valence electrons. The minimum atomic E-state index is -4.42. The quantitative estimate of drug-likeness (QED) is 0.903. The minimum Gasteiger partial charge on any atom is -0.371 e. The molecule has 0 radical (unpaired) electrons. The Hall–Kier alpha value is -1.76. The van der Waals surface area contributed by atoms with Gasteiger partial charge in [-0.25, -0.2) is 0 Å². The molecule has 1 fully saturated rings. The zero-order chi connectivity index (χ0) is 16.9. The van der Waals surface area contributed by atoms with E-state index in [-0.39, 0.29) is 6.04 Å². The van der Waals surface area contributed by atoms with Gasteiger partial charge in [0.15, 0.2) is 0 Å². The number of nitrogens with zero attached hydrogens (tertiary/aromatic N) is 1. The predicted molar refractivity (Wildman–Crippen MR) is 81.3 cm³/mol. The molecule has 0 spiro atoms. The van der Waals surface area contributed by atoms with Gasteiger partial charge in [0.2, 0.25) is 5.91 Å². The highest BCUT2D eigenvalue weighted by Crippen LogP contribution is 2.20. The summed E-state index contributed by atoms with van der Waals surface area (Å²) >= 11 is 0. The van der Waals surface area contributed by atoms with Gasteiger partial charge in [-0.15, -0.1) is 0 Å². The summed E-state index contributed by atoms with van der Waals surface area (Å²) in [6.45, 7) is 1.52. The van der Waals surface area contributed by atoms with Crippen LogP contribution < -0.4 is 10.2 Å². The monoisotopic (exact) mass is 330 g/mol. The van der Waals surface area contributed by atoms with Gasteiger partial charge in [0, 0.05) is 24.8 Å². The molecule has 1 aromatic rings. The van der Waals surface area contributed by atoms with E-state index in [0.717, 1.165) is 31.6 Å². The van der Waals surface area contributed by atoms with Crippen molar-refractivity contribution >= 4 is 11.6 Å². The molecule has 0 saturated carbocycles. The lowest BCUT2D eigenvalue weighted by Crippen LogP contribution is -2.47. The highest BCUT2D eigenvalue weighted by Gasteiger charge is 2.30. The second kappa shape index (κ2) is 7.68. The number of rotatable bonds is 5. The Kier molecular flexibility index (Phi) is 5.87. The van der Waals surface area contributed by atoms with Gasteiger partial charge in [-0.2, -0.15) is 13.2 Å². The maximum Gasteiger partial charge on any atom is 0.411 e. The number of anilines is 1. The maximum atomic E-state index is 12.1. The van der Waals surface area contributed by atoms with Crippen LogP contribution in [0.25, 0.3) is 0 Å². The third kappa shape index (κ3) is 5.74. The third-order valence-electron chi connectivity index (χ3n) is 3.83. The number of halogens is 3. The summed E-state index contributed by atoms with van der Waals surface area (Å²) in [7, 11) is 0. The fourth-order valence-electron chi connectivity index (χ4n) is 2.53. The standard InChI is InChI=1S/C16H21F3N2O2/c1-12(23-11-16(17,18)19)15(22)20-13-7-9-21(10-8-13)14-5-3-2-4-6-14/h2-6,12-13H,7-11H2,1H3,(H,20,22)/t12-/m1/s1. The van der Waals surface area contributed by atoms with Crippen molar-refractivity contribution in [1.29, 1.82) is 0 Å². The molecule has 23 heavy (non-hydrogen) atoms. The topological polar surface area (TPSA) is 41.6 Å². The molecular weight excluding hydrogens is 309 g/mol. The van der Waals surface area contributed by atoms with Crippen LogP contribution in [0.15, 0.2) is 30.3 Å². The Morgan fingerprint density at radius 3 is 2.48 bits per heavy atom. The second-order valence-electron chi connectivity index (χ2n) is 5.67. The average molecular weight is 330 g/mol. The normalized spacial score (nSPS) is 17.8. The number of nitrogens with one attached hydrogen (secondary N) is 1. The van der Waals surface area contributed by atoms with E-state index in [1.807, 2.05) is 30.3 Å². The fraction of sp³-hybridized carbons (Fsp3) is 0.562. The first kappa shape index (κ1) is 17.6. The summed E-state index contributed by atoms with van der Waals surface area (Å²) in [4.78, 5) is 14.1. The Morgan fingerprint density at radius 1 is 1.30 bits per heavy atom. The molecule has 1 N–H and O–H groups in total. The van der Waals surface area contributed by atoms with Crippen molar-refractivity contribution in [1.82, 2.24) is 5.32 Å². The van der Waals surface area contributed by atoms with Crippen LogP contribution >= 0.6 is 0 Å². The van der Waals surface area contributed by atoms with E-state index in [1.165, 1.54) is 6.92 Å². The molecule has 1 aliphatic rings. The summed E-state index contributed by atoms with van der Waals surface area (Å²) in [6, 6.07) is 9.95. The molecule has 0 bridgehead atoms. The molecule has 2 rings (SSSR count). The van der Waals surface area contributed by atoms with E-state index in [2.05, 4.69) is 15.0 Å². The number of amides is 1. The van der Waals surface area contributed by atoms with Crippen molar-refractivity contribution in [3.05, 3.63) is 30.3 Å². The number of carbonyl (C=O) groups excluding carboxylic acids is 1.